The number of halogens is 1. The SMILES string of the molecule is CNC(=O)C1CCCCN1C(C)c1cc(F)ccc1O. The second kappa shape index (κ2) is 6.22. The van der Waals surface area contributed by atoms with Gasteiger partial charge in [-0.2, -0.15) is 0 Å². The number of carbonyl (C=O) groups excluding carboxylic acids is 1. The van der Waals surface area contributed by atoms with Crippen LogP contribution in [-0.4, -0.2) is 35.5 Å². The number of hydrogen-bond acceptors (Lipinski definition) is 3. The minimum absolute atomic E-state index is 0.0209. The number of likely N-dealkylation sites (N-methyl/N-ethyl adjacent to an activating group) is 1. The molecule has 2 atom stereocenters. The summed E-state index contributed by atoms with van der Waals surface area (Å²) < 4.78 is 13.4. The molecule has 0 saturated carbocycles. The summed E-state index contributed by atoms with van der Waals surface area (Å²) in [6, 6.07) is 3.52. The summed E-state index contributed by atoms with van der Waals surface area (Å²) >= 11 is 0. The van der Waals surface area contributed by atoms with Crippen LogP contribution in [0.5, 0.6) is 5.75 Å². The maximum Gasteiger partial charge on any atom is 0.237 e. The van der Waals surface area contributed by atoms with Crippen LogP contribution in [0.25, 0.3) is 0 Å². The van der Waals surface area contributed by atoms with Gasteiger partial charge in [-0.05, 0) is 44.5 Å². The second-order valence-corrected chi connectivity index (χ2v) is 5.24. The standard InChI is InChI=1S/C15H21FN2O2/c1-10(12-9-11(16)6-7-14(12)19)18-8-4-3-5-13(18)15(20)17-2/h6-7,9-10,13,19H,3-5,8H2,1-2H3,(H,17,20). The lowest BCUT2D eigenvalue weighted by atomic mass is 9.96. The molecule has 0 aromatic heterocycles. The van der Waals surface area contributed by atoms with Crippen LogP contribution in [0.1, 0.15) is 37.8 Å². The van der Waals surface area contributed by atoms with Crippen molar-refractivity contribution in [2.24, 2.45) is 0 Å². The highest BCUT2D eigenvalue weighted by Gasteiger charge is 2.32. The zero-order valence-corrected chi connectivity index (χ0v) is 11.9. The fraction of sp³-hybridized carbons (Fsp3) is 0.533. The second-order valence-electron chi connectivity index (χ2n) is 5.24. The van der Waals surface area contributed by atoms with Crippen molar-refractivity contribution in [3.63, 3.8) is 0 Å². The molecule has 20 heavy (non-hydrogen) atoms. The van der Waals surface area contributed by atoms with Crippen molar-refractivity contribution < 1.29 is 14.3 Å². The molecule has 0 bridgehead atoms. The Balaban J connectivity index is 2.27. The number of rotatable bonds is 3. The van der Waals surface area contributed by atoms with E-state index in [-0.39, 0.29) is 29.6 Å². The van der Waals surface area contributed by atoms with Crippen LogP contribution in [0.2, 0.25) is 0 Å². The normalized spacial score (nSPS) is 21.4. The number of phenolic OH excluding ortho intramolecular Hbond substituents is 1. The van der Waals surface area contributed by atoms with Crippen molar-refractivity contribution in [1.82, 2.24) is 10.2 Å². The third kappa shape index (κ3) is 2.93. The molecule has 110 valence electrons. The fourth-order valence-electron chi connectivity index (χ4n) is 2.90. The van der Waals surface area contributed by atoms with Crippen molar-refractivity contribution in [1.29, 1.82) is 0 Å². The number of carbonyl (C=O) groups is 1. The predicted octanol–water partition coefficient (Wildman–Crippen LogP) is 2.19. The number of phenols is 1. The zero-order valence-electron chi connectivity index (χ0n) is 11.9. The highest BCUT2D eigenvalue weighted by molar-refractivity contribution is 5.81. The van der Waals surface area contributed by atoms with E-state index in [1.807, 2.05) is 11.8 Å². The molecule has 0 radical (unpaired) electrons. The number of amides is 1. The lowest BCUT2D eigenvalue weighted by Crippen LogP contribution is -2.49. The summed E-state index contributed by atoms with van der Waals surface area (Å²) in [4.78, 5) is 14.0. The average molecular weight is 280 g/mol. The zero-order chi connectivity index (χ0) is 14.7. The Morgan fingerprint density at radius 1 is 1.50 bits per heavy atom. The molecule has 1 amide bonds. The first-order valence-electron chi connectivity index (χ1n) is 7.00. The van der Waals surface area contributed by atoms with Gasteiger partial charge < -0.3 is 10.4 Å². The lowest BCUT2D eigenvalue weighted by molar-refractivity contribution is -0.128. The minimum Gasteiger partial charge on any atom is -0.508 e. The third-order valence-electron chi connectivity index (χ3n) is 4.03. The molecule has 1 saturated heterocycles. The summed E-state index contributed by atoms with van der Waals surface area (Å²) in [5, 5.41) is 12.6. The van der Waals surface area contributed by atoms with E-state index in [0.717, 1.165) is 25.8 Å². The van der Waals surface area contributed by atoms with Gasteiger partial charge in [-0.15, -0.1) is 0 Å². The van der Waals surface area contributed by atoms with Crippen molar-refractivity contribution in [2.45, 2.75) is 38.3 Å². The Hall–Kier alpha value is -1.62. The number of benzene rings is 1. The smallest absolute Gasteiger partial charge is 0.237 e. The number of hydrogen-bond donors (Lipinski definition) is 2. The predicted molar refractivity (Wildman–Crippen MR) is 74.9 cm³/mol. The van der Waals surface area contributed by atoms with Crippen molar-refractivity contribution in [2.75, 3.05) is 13.6 Å². The number of nitrogens with one attached hydrogen (secondary N) is 1. The number of nitrogens with zero attached hydrogens (tertiary/aromatic N) is 1. The Kier molecular flexibility index (Phi) is 4.60. The van der Waals surface area contributed by atoms with Gasteiger partial charge >= 0.3 is 0 Å². The number of piperidine rings is 1. The van der Waals surface area contributed by atoms with Gasteiger partial charge in [0.1, 0.15) is 11.6 Å². The van der Waals surface area contributed by atoms with Gasteiger partial charge in [0.15, 0.2) is 0 Å². The topological polar surface area (TPSA) is 52.6 Å². The molecule has 1 aliphatic rings. The maximum atomic E-state index is 13.4. The Labute approximate surface area is 118 Å². The molecule has 1 aliphatic heterocycles. The van der Waals surface area contributed by atoms with E-state index < -0.39 is 0 Å². The van der Waals surface area contributed by atoms with Gasteiger partial charge in [0.05, 0.1) is 6.04 Å². The quantitative estimate of drug-likeness (QED) is 0.892. The van der Waals surface area contributed by atoms with E-state index in [4.69, 9.17) is 0 Å². The fourth-order valence-corrected chi connectivity index (χ4v) is 2.90. The first kappa shape index (κ1) is 14.8. The molecule has 1 aromatic carbocycles. The highest BCUT2D eigenvalue weighted by Crippen LogP contribution is 2.33. The van der Waals surface area contributed by atoms with E-state index in [1.165, 1.54) is 18.2 Å². The summed E-state index contributed by atoms with van der Waals surface area (Å²) in [5.41, 5.74) is 0.529. The van der Waals surface area contributed by atoms with Crippen LogP contribution in [0.15, 0.2) is 18.2 Å². The molecular weight excluding hydrogens is 259 g/mol. The van der Waals surface area contributed by atoms with E-state index in [2.05, 4.69) is 5.32 Å². The largest absolute Gasteiger partial charge is 0.508 e. The monoisotopic (exact) mass is 280 g/mol. The molecule has 1 fully saturated rings. The van der Waals surface area contributed by atoms with Crippen LogP contribution in [-0.2, 0) is 4.79 Å². The lowest BCUT2D eigenvalue weighted by Gasteiger charge is -2.39. The van der Waals surface area contributed by atoms with E-state index in [9.17, 15) is 14.3 Å². The number of aromatic hydroxyl groups is 1. The highest BCUT2D eigenvalue weighted by atomic mass is 19.1. The molecule has 5 heteroatoms. The average Bonchev–Trinajstić information content (AvgIpc) is 2.48. The van der Waals surface area contributed by atoms with Gasteiger partial charge in [0, 0.05) is 18.7 Å². The summed E-state index contributed by atoms with van der Waals surface area (Å²) in [5.74, 6) is -0.328. The molecule has 1 heterocycles. The van der Waals surface area contributed by atoms with Crippen LogP contribution in [0.3, 0.4) is 0 Å². The minimum atomic E-state index is -0.377. The third-order valence-corrected chi connectivity index (χ3v) is 4.03. The molecule has 2 rings (SSSR count). The van der Waals surface area contributed by atoms with Gasteiger partial charge in [0.25, 0.3) is 0 Å². The van der Waals surface area contributed by atoms with Crippen LogP contribution < -0.4 is 5.32 Å². The molecule has 0 spiro atoms. The van der Waals surface area contributed by atoms with Gasteiger partial charge in [0.2, 0.25) is 5.91 Å². The molecule has 2 unspecified atom stereocenters. The van der Waals surface area contributed by atoms with Gasteiger partial charge in [-0.1, -0.05) is 6.42 Å². The van der Waals surface area contributed by atoms with E-state index in [1.54, 1.807) is 7.05 Å². The van der Waals surface area contributed by atoms with Crippen molar-refractivity contribution >= 4 is 5.91 Å². The molecular formula is C15H21FN2O2. The summed E-state index contributed by atoms with van der Waals surface area (Å²) in [7, 11) is 1.62. The Morgan fingerprint density at radius 2 is 2.25 bits per heavy atom. The maximum absolute atomic E-state index is 13.4. The Bertz CT molecular complexity index is 493. The van der Waals surface area contributed by atoms with Gasteiger partial charge in [-0.3, -0.25) is 9.69 Å². The van der Waals surface area contributed by atoms with Crippen LogP contribution in [0.4, 0.5) is 4.39 Å². The van der Waals surface area contributed by atoms with E-state index >= 15 is 0 Å². The first-order valence-corrected chi connectivity index (χ1v) is 7.00. The molecule has 0 aliphatic carbocycles. The van der Waals surface area contributed by atoms with E-state index in [0.29, 0.717) is 5.56 Å². The van der Waals surface area contributed by atoms with Crippen LogP contribution >= 0.6 is 0 Å². The molecule has 4 nitrogen and oxygen atoms in total. The Morgan fingerprint density at radius 3 is 2.95 bits per heavy atom. The number of likely N-dealkylation sites (tertiary alicyclic amines) is 1. The summed E-state index contributed by atoms with van der Waals surface area (Å²) in [6.45, 7) is 2.67. The summed E-state index contributed by atoms with van der Waals surface area (Å²) in [6.07, 6.45) is 2.81. The van der Waals surface area contributed by atoms with Gasteiger partial charge in [-0.25, -0.2) is 4.39 Å². The first-order chi connectivity index (χ1) is 9.54. The van der Waals surface area contributed by atoms with Crippen molar-refractivity contribution in [3.8, 4) is 5.75 Å². The molecule has 1 aromatic rings. The van der Waals surface area contributed by atoms with Crippen molar-refractivity contribution in [3.05, 3.63) is 29.6 Å². The van der Waals surface area contributed by atoms with Crippen LogP contribution in [0, 0.1) is 5.82 Å². The molecule has 2 N–H and O–H groups in total.